The first-order valence-electron chi connectivity index (χ1n) is 3.54. The SMILES string of the molecule is C[n+]1cn(N)c2c1C=CNC2. The summed E-state index contributed by atoms with van der Waals surface area (Å²) in [5, 5.41) is 3.10. The molecule has 4 nitrogen and oxygen atoms in total. The number of nitrogens with one attached hydrogen (secondary N) is 1. The quantitative estimate of drug-likeness (QED) is 0.373. The lowest BCUT2D eigenvalue weighted by Gasteiger charge is -2.03. The third-order valence-electron chi connectivity index (χ3n) is 1.91. The highest BCUT2D eigenvalue weighted by molar-refractivity contribution is 5.46. The van der Waals surface area contributed by atoms with Gasteiger partial charge >= 0.3 is 0 Å². The fraction of sp³-hybridized carbons (Fsp3) is 0.286. The van der Waals surface area contributed by atoms with Gasteiger partial charge in [-0.1, -0.05) is 0 Å². The summed E-state index contributed by atoms with van der Waals surface area (Å²) in [5.41, 5.74) is 2.29. The molecule has 2 heterocycles. The highest BCUT2D eigenvalue weighted by Gasteiger charge is 2.18. The predicted molar refractivity (Wildman–Crippen MR) is 41.6 cm³/mol. The molecule has 0 amide bonds. The van der Waals surface area contributed by atoms with Crippen LogP contribution in [-0.2, 0) is 13.6 Å². The first-order chi connectivity index (χ1) is 5.29. The van der Waals surface area contributed by atoms with Crippen molar-refractivity contribution in [3.05, 3.63) is 23.9 Å². The number of nitrogens with two attached hydrogens (primary N) is 1. The molecule has 1 aromatic heterocycles. The van der Waals surface area contributed by atoms with Gasteiger partial charge in [0.15, 0.2) is 11.4 Å². The Morgan fingerprint density at radius 2 is 2.55 bits per heavy atom. The average Bonchev–Trinajstić information content (AvgIpc) is 2.30. The molecule has 0 saturated carbocycles. The molecule has 2 rings (SSSR count). The molecule has 0 aliphatic carbocycles. The first-order valence-corrected chi connectivity index (χ1v) is 3.54. The van der Waals surface area contributed by atoms with Gasteiger partial charge < -0.3 is 5.32 Å². The molecule has 0 aromatic carbocycles. The fourth-order valence-electron chi connectivity index (χ4n) is 1.34. The fourth-order valence-corrected chi connectivity index (χ4v) is 1.34. The van der Waals surface area contributed by atoms with Gasteiger partial charge in [0.2, 0.25) is 0 Å². The summed E-state index contributed by atoms with van der Waals surface area (Å²) < 4.78 is 3.65. The van der Waals surface area contributed by atoms with Crippen LogP contribution in [0.4, 0.5) is 0 Å². The number of rotatable bonds is 0. The van der Waals surface area contributed by atoms with E-state index in [1.54, 1.807) is 4.68 Å². The Hall–Kier alpha value is -1.45. The Bertz CT molecular complexity index is 310. The van der Waals surface area contributed by atoms with Crippen molar-refractivity contribution < 1.29 is 4.57 Å². The summed E-state index contributed by atoms with van der Waals surface area (Å²) in [7, 11) is 1.98. The van der Waals surface area contributed by atoms with E-state index in [1.807, 2.05) is 30.2 Å². The monoisotopic (exact) mass is 151 g/mol. The Balaban J connectivity index is 2.63. The Morgan fingerprint density at radius 3 is 3.27 bits per heavy atom. The third-order valence-corrected chi connectivity index (χ3v) is 1.91. The Morgan fingerprint density at radius 1 is 1.73 bits per heavy atom. The molecule has 1 aliphatic rings. The van der Waals surface area contributed by atoms with Crippen LogP contribution >= 0.6 is 0 Å². The van der Waals surface area contributed by atoms with Crippen molar-refractivity contribution in [3.8, 4) is 0 Å². The molecular weight excluding hydrogens is 140 g/mol. The van der Waals surface area contributed by atoms with E-state index in [4.69, 9.17) is 5.84 Å². The number of nitrogen functional groups attached to an aromatic ring is 1. The summed E-state index contributed by atoms with van der Waals surface area (Å²) in [6, 6.07) is 0. The highest BCUT2D eigenvalue weighted by atomic mass is 15.3. The highest BCUT2D eigenvalue weighted by Crippen LogP contribution is 2.07. The van der Waals surface area contributed by atoms with Crippen molar-refractivity contribution in [1.82, 2.24) is 9.99 Å². The minimum atomic E-state index is 0.809. The molecule has 0 spiro atoms. The van der Waals surface area contributed by atoms with E-state index in [9.17, 15) is 0 Å². The van der Waals surface area contributed by atoms with Crippen LogP contribution in [0.3, 0.4) is 0 Å². The van der Waals surface area contributed by atoms with Crippen LogP contribution in [0.1, 0.15) is 11.4 Å². The lowest BCUT2D eigenvalue weighted by molar-refractivity contribution is -0.672. The van der Waals surface area contributed by atoms with E-state index >= 15 is 0 Å². The lowest BCUT2D eigenvalue weighted by atomic mass is 10.2. The maximum absolute atomic E-state index is 5.68. The van der Waals surface area contributed by atoms with Crippen molar-refractivity contribution in [2.45, 2.75) is 6.54 Å². The second kappa shape index (κ2) is 2.02. The van der Waals surface area contributed by atoms with Gasteiger partial charge in [0.25, 0.3) is 6.33 Å². The maximum atomic E-state index is 5.68. The number of nitrogens with zero attached hydrogens (tertiary/aromatic N) is 2. The van der Waals surface area contributed by atoms with Gasteiger partial charge in [0.05, 0.1) is 13.6 Å². The first kappa shape index (κ1) is 6.27. The van der Waals surface area contributed by atoms with Gasteiger partial charge in [-0.15, -0.1) is 4.68 Å². The number of hydrogen-bond acceptors (Lipinski definition) is 2. The van der Waals surface area contributed by atoms with Crippen molar-refractivity contribution in [3.63, 3.8) is 0 Å². The molecule has 4 heteroatoms. The van der Waals surface area contributed by atoms with Gasteiger partial charge in [-0.2, -0.15) is 0 Å². The second-order valence-corrected chi connectivity index (χ2v) is 2.68. The van der Waals surface area contributed by atoms with Crippen molar-refractivity contribution in [1.29, 1.82) is 0 Å². The molecule has 11 heavy (non-hydrogen) atoms. The second-order valence-electron chi connectivity index (χ2n) is 2.68. The normalized spacial score (nSPS) is 14.3. The van der Waals surface area contributed by atoms with Crippen molar-refractivity contribution >= 4 is 6.08 Å². The summed E-state index contributed by atoms with van der Waals surface area (Å²) in [6.07, 6.45) is 5.81. The van der Waals surface area contributed by atoms with E-state index in [0.29, 0.717) is 0 Å². The topological polar surface area (TPSA) is 46.9 Å². The molecule has 1 aromatic rings. The molecular formula is C7H11N4+. The maximum Gasteiger partial charge on any atom is 0.267 e. The van der Waals surface area contributed by atoms with Crippen LogP contribution in [0.25, 0.3) is 6.08 Å². The summed E-state index contributed by atoms with van der Waals surface area (Å²) in [5.74, 6) is 5.68. The zero-order valence-electron chi connectivity index (χ0n) is 6.41. The van der Waals surface area contributed by atoms with E-state index in [0.717, 1.165) is 12.2 Å². The molecule has 3 N–H and O–H groups in total. The van der Waals surface area contributed by atoms with Gasteiger partial charge in [-0.25, -0.2) is 4.57 Å². The summed E-state index contributed by atoms with van der Waals surface area (Å²) >= 11 is 0. The standard InChI is InChI=1S/C7H11N4/c1-10-5-11(8)7-4-9-3-2-6(7)10/h2-3,5,9H,4,8H2,1H3/q+1. The van der Waals surface area contributed by atoms with Gasteiger partial charge in [0, 0.05) is 12.3 Å². The molecule has 0 unspecified atom stereocenters. The Labute approximate surface area is 64.9 Å². The minimum Gasteiger partial charge on any atom is -0.383 e. The van der Waals surface area contributed by atoms with Gasteiger partial charge in [0.1, 0.15) is 0 Å². The van der Waals surface area contributed by atoms with Crippen molar-refractivity contribution in [2.24, 2.45) is 7.05 Å². The van der Waals surface area contributed by atoms with E-state index in [1.165, 1.54) is 5.69 Å². The third kappa shape index (κ3) is 0.790. The zero-order chi connectivity index (χ0) is 7.84. The molecule has 0 bridgehead atoms. The van der Waals surface area contributed by atoms with Gasteiger partial charge in [-0.3, -0.25) is 5.84 Å². The van der Waals surface area contributed by atoms with E-state index in [2.05, 4.69) is 5.32 Å². The molecule has 0 fully saturated rings. The van der Waals surface area contributed by atoms with E-state index < -0.39 is 0 Å². The summed E-state index contributed by atoms with van der Waals surface area (Å²) in [4.78, 5) is 0. The lowest BCUT2D eigenvalue weighted by Crippen LogP contribution is -2.30. The van der Waals surface area contributed by atoms with Crippen LogP contribution in [-0.4, -0.2) is 4.68 Å². The smallest absolute Gasteiger partial charge is 0.267 e. The van der Waals surface area contributed by atoms with E-state index in [-0.39, 0.29) is 0 Å². The molecule has 0 atom stereocenters. The number of fused-ring (bicyclic) bond motifs is 1. The van der Waals surface area contributed by atoms with Crippen molar-refractivity contribution in [2.75, 3.05) is 5.84 Å². The zero-order valence-corrected chi connectivity index (χ0v) is 6.41. The molecule has 58 valence electrons. The number of imidazole rings is 1. The average molecular weight is 151 g/mol. The minimum absolute atomic E-state index is 0.809. The number of hydrogen-bond donors (Lipinski definition) is 2. The van der Waals surface area contributed by atoms with Crippen LogP contribution in [0.2, 0.25) is 0 Å². The van der Waals surface area contributed by atoms with Crippen LogP contribution in [0.15, 0.2) is 12.5 Å². The van der Waals surface area contributed by atoms with Crippen LogP contribution in [0.5, 0.6) is 0 Å². The largest absolute Gasteiger partial charge is 0.383 e. The molecule has 0 saturated heterocycles. The predicted octanol–water partition coefficient (Wildman–Crippen LogP) is -0.900. The molecule has 0 radical (unpaired) electrons. The molecule has 1 aliphatic heterocycles. The van der Waals surface area contributed by atoms with Crippen LogP contribution < -0.4 is 15.7 Å². The Kier molecular flexibility index (Phi) is 1.15. The van der Waals surface area contributed by atoms with Crippen LogP contribution in [0, 0.1) is 0 Å². The number of aryl methyl sites for hydroxylation is 1. The summed E-state index contributed by atoms with van der Waals surface area (Å²) in [6.45, 7) is 0.809. The number of aromatic nitrogens is 2. The van der Waals surface area contributed by atoms with Gasteiger partial charge in [-0.05, 0) is 0 Å².